The number of carboxylic acids is 1. The third-order valence-corrected chi connectivity index (χ3v) is 4.08. The van der Waals surface area contributed by atoms with Gasteiger partial charge < -0.3 is 19.3 Å². The molecule has 1 aromatic carbocycles. The number of hydrogen-bond acceptors (Lipinski definition) is 4. The summed E-state index contributed by atoms with van der Waals surface area (Å²) in [6.07, 6.45) is 5.21. The summed E-state index contributed by atoms with van der Waals surface area (Å²) in [6.45, 7) is 4.43. The van der Waals surface area contributed by atoms with Gasteiger partial charge in [-0.3, -0.25) is 0 Å². The molecule has 24 heavy (non-hydrogen) atoms. The Kier molecular flexibility index (Phi) is 7.28. The first-order chi connectivity index (χ1) is 11.6. The van der Waals surface area contributed by atoms with Crippen molar-refractivity contribution in [3.05, 3.63) is 41.7 Å². The van der Waals surface area contributed by atoms with Crippen molar-refractivity contribution in [1.82, 2.24) is 0 Å². The maximum absolute atomic E-state index is 11.1. The van der Waals surface area contributed by atoms with E-state index in [9.17, 15) is 4.79 Å². The highest BCUT2D eigenvalue weighted by atomic mass is 16.7. The molecular formula is C19H26O5. The van der Waals surface area contributed by atoms with Crippen LogP contribution in [0.1, 0.15) is 51.0 Å². The molecule has 1 aromatic rings. The van der Waals surface area contributed by atoms with Crippen molar-refractivity contribution < 1.29 is 24.1 Å². The lowest BCUT2D eigenvalue weighted by Crippen LogP contribution is -2.24. The highest BCUT2D eigenvalue weighted by molar-refractivity contribution is 5.80. The highest BCUT2D eigenvalue weighted by Gasteiger charge is 2.20. The summed E-state index contributed by atoms with van der Waals surface area (Å²) in [4.78, 5) is 11.1. The summed E-state index contributed by atoms with van der Waals surface area (Å²) in [5, 5.41) is 9.07. The van der Waals surface area contributed by atoms with Gasteiger partial charge in [-0.1, -0.05) is 25.0 Å². The van der Waals surface area contributed by atoms with E-state index in [0.29, 0.717) is 24.9 Å². The number of benzene rings is 1. The number of aliphatic carboxylic acids is 1. The van der Waals surface area contributed by atoms with Gasteiger partial charge in [0.25, 0.3) is 0 Å². The van der Waals surface area contributed by atoms with Crippen molar-refractivity contribution in [2.45, 2.75) is 51.7 Å². The zero-order chi connectivity index (χ0) is 17.4. The number of hydrogen-bond donors (Lipinski definition) is 1. The zero-order valence-corrected chi connectivity index (χ0v) is 14.4. The third-order valence-electron chi connectivity index (χ3n) is 4.08. The largest absolute Gasteiger partial charge is 0.478 e. The van der Waals surface area contributed by atoms with Crippen molar-refractivity contribution in [2.24, 2.45) is 0 Å². The molecule has 0 radical (unpaired) electrons. The van der Waals surface area contributed by atoms with E-state index in [4.69, 9.17) is 19.3 Å². The van der Waals surface area contributed by atoms with Gasteiger partial charge in [0.05, 0.1) is 6.08 Å². The summed E-state index contributed by atoms with van der Waals surface area (Å²) in [5.41, 5.74) is 1.31. The van der Waals surface area contributed by atoms with Gasteiger partial charge in [0.15, 0.2) is 5.76 Å². The van der Waals surface area contributed by atoms with E-state index < -0.39 is 12.3 Å². The summed E-state index contributed by atoms with van der Waals surface area (Å²) in [6, 6.07) is 7.86. The molecule has 0 aromatic heterocycles. The normalized spacial score (nSPS) is 15.9. The lowest BCUT2D eigenvalue weighted by molar-refractivity contribution is -0.136. The van der Waals surface area contributed by atoms with Crippen LogP contribution in [0, 0.1) is 0 Å². The van der Waals surface area contributed by atoms with Gasteiger partial charge in [-0.05, 0) is 50.3 Å². The molecule has 1 fully saturated rings. The molecule has 0 amide bonds. The molecule has 1 saturated carbocycles. The van der Waals surface area contributed by atoms with E-state index in [1.165, 1.54) is 31.2 Å². The minimum absolute atomic E-state index is 0.139. The summed E-state index contributed by atoms with van der Waals surface area (Å²) in [7, 11) is 0. The average Bonchev–Trinajstić information content (AvgIpc) is 3.09. The average molecular weight is 334 g/mol. The van der Waals surface area contributed by atoms with Crippen LogP contribution in [0.4, 0.5) is 0 Å². The fraction of sp³-hybridized carbons (Fsp3) is 0.526. The second-order valence-corrected chi connectivity index (χ2v) is 5.78. The van der Waals surface area contributed by atoms with Crippen LogP contribution in [-0.2, 0) is 14.3 Å². The number of carbonyl (C=O) groups is 1. The molecule has 1 N–H and O–H groups in total. The van der Waals surface area contributed by atoms with Gasteiger partial charge in [0.1, 0.15) is 5.75 Å². The lowest BCUT2D eigenvalue weighted by atomic mass is 9.98. The van der Waals surface area contributed by atoms with Gasteiger partial charge in [-0.25, -0.2) is 4.79 Å². The van der Waals surface area contributed by atoms with Crippen LogP contribution in [-0.4, -0.2) is 30.6 Å². The summed E-state index contributed by atoms with van der Waals surface area (Å²) >= 11 is 0. The third kappa shape index (κ3) is 5.35. The number of ether oxygens (including phenoxy) is 3. The van der Waals surface area contributed by atoms with Crippen molar-refractivity contribution in [1.29, 1.82) is 0 Å². The number of rotatable bonds is 9. The van der Waals surface area contributed by atoms with E-state index in [-0.39, 0.29) is 5.76 Å². The van der Waals surface area contributed by atoms with Gasteiger partial charge in [-0.15, -0.1) is 0 Å². The zero-order valence-electron chi connectivity index (χ0n) is 14.4. The maximum atomic E-state index is 11.1. The van der Waals surface area contributed by atoms with E-state index in [1.54, 1.807) is 0 Å². The van der Waals surface area contributed by atoms with Gasteiger partial charge >= 0.3 is 5.97 Å². The molecule has 1 aliphatic rings. The van der Waals surface area contributed by atoms with E-state index in [0.717, 1.165) is 6.08 Å². The van der Waals surface area contributed by atoms with Crippen LogP contribution in [0.15, 0.2) is 36.1 Å². The standard InChI is InChI=1S/C19H26O5/c1-3-22-19(23-4-2)17(13-18(20)21)24-16-11-9-15(10-12-16)14-7-5-6-8-14/h9-14,19H,3-8H2,1-2H3,(H,20,21). The van der Waals surface area contributed by atoms with Gasteiger partial charge in [0.2, 0.25) is 6.29 Å². The lowest BCUT2D eigenvalue weighted by Gasteiger charge is -2.20. The molecular weight excluding hydrogens is 308 g/mol. The Morgan fingerprint density at radius 3 is 2.25 bits per heavy atom. The SMILES string of the molecule is CCOC(OCC)C(=CC(=O)O)Oc1ccc(C2CCCC2)cc1. The van der Waals surface area contributed by atoms with Gasteiger partial charge in [0, 0.05) is 13.2 Å². The Labute approximate surface area is 143 Å². The first-order valence-corrected chi connectivity index (χ1v) is 8.59. The second kappa shape index (κ2) is 9.45. The quantitative estimate of drug-likeness (QED) is 0.418. The molecule has 0 aliphatic heterocycles. The Hall–Kier alpha value is -1.85. The first kappa shape index (κ1) is 18.5. The molecule has 0 spiro atoms. The molecule has 0 atom stereocenters. The Balaban J connectivity index is 2.11. The van der Waals surface area contributed by atoms with Crippen LogP contribution < -0.4 is 4.74 Å². The molecule has 2 rings (SSSR count). The smallest absolute Gasteiger partial charge is 0.331 e. The molecule has 132 valence electrons. The van der Waals surface area contributed by atoms with Crippen LogP contribution in [0.2, 0.25) is 0 Å². The fourth-order valence-electron chi connectivity index (χ4n) is 2.99. The van der Waals surface area contributed by atoms with Crippen molar-refractivity contribution in [3.63, 3.8) is 0 Å². The van der Waals surface area contributed by atoms with Crippen LogP contribution in [0.5, 0.6) is 5.75 Å². The number of carboxylic acid groups (broad SMARTS) is 1. The predicted molar refractivity (Wildman–Crippen MR) is 91.0 cm³/mol. The fourth-order valence-corrected chi connectivity index (χ4v) is 2.99. The maximum Gasteiger partial charge on any atom is 0.331 e. The summed E-state index contributed by atoms with van der Waals surface area (Å²) < 4.78 is 16.6. The molecule has 0 heterocycles. The van der Waals surface area contributed by atoms with Gasteiger partial charge in [-0.2, -0.15) is 0 Å². The Bertz CT molecular complexity index is 537. The van der Waals surface area contributed by atoms with Crippen LogP contribution >= 0.6 is 0 Å². The molecule has 0 saturated heterocycles. The summed E-state index contributed by atoms with van der Waals surface area (Å²) in [5.74, 6) is 0.248. The first-order valence-electron chi connectivity index (χ1n) is 8.59. The predicted octanol–water partition coefficient (Wildman–Crippen LogP) is 4.09. The van der Waals surface area contributed by atoms with Crippen LogP contribution in [0.3, 0.4) is 0 Å². The highest BCUT2D eigenvalue weighted by Crippen LogP contribution is 2.34. The minimum atomic E-state index is -1.10. The minimum Gasteiger partial charge on any atom is -0.478 e. The topological polar surface area (TPSA) is 65.0 Å². The van der Waals surface area contributed by atoms with Crippen molar-refractivity contribution in [2.75, 3.05) is 13.2 Å². The molecule has 0 unspecified atom stereocenters. The van der Waals surface area contributed by atoms with Crippen molar-refractivity contribution >= 4 is 5.97 Å². The molecule has 5 heteroatoms. The van der Waals surface area contributed by atoms with Crippen LogP contribution in [0.25, 0.3) is 0 Å². The van der Waals surface area contributed by atoms with Crippen molar-refractivity contribution in [3.8, 4) is 5.75 Å². The molecule has 0 bridgehead atoms. The second-order valence-electron chi connectivity index (χ2n) is 5.78. The molecule has 5 nitrogen and oxygen atoms in total. The molecule has 1 aliphatic carbocycles. The Morgan fingerprint density at radius 2 is 1.75 bits per heavy atom. The van der Waals surface area contributed by atoms with E-state index in [1.807, 2.05) is 26.0 Å². The van der Waals surface area contributed by atoms with E-state index in [2.05, 4.69) is 12.1 Å². The Morgan fingerprint density at radius 1 is 1.17 bits per heavy atom. The van der Waals surface area contributed by atoms with E-state index >= 15 is 0 Å². The monoisotopic (exact) mass is 334 g/mol.